The largest absolute Gasteiger partial charge is 0.495 e. The number of likely N-dealkylation sites (tertiary alicyclic amines) is 1. The van der Waals surface area contributed by atoms with Crippen LogP contribution in [0.4, 0.5) is 5.69 Å². The van der Waals surface area contributed by atoms with Crippen LogP contribution in [0, 0.1) is 5.92 Å². The fourth-order valence-electron chi connectivity index (χ4n) is 4.31. The van der Waals surface area contributed by atoms with Crippen LogP contribution >= 0.6 is 24.0 Å². The van der Waals surface area contributed by atoms with Crippen LogP contribution in [0.25, 0.3) is 0 Å². The second kappa shape index (κ2) is 13.0. The Hall–Kier alpha value is -1.71. The van der Waals surface area contributed by atoms with Crippen molar-refractivity contribution in [1.29, 1.82) is 0 Å². The monoisotopic (exact) mass is 543 g/mol. The molecule has 2 aliphatic rings. The lowest BCUT2D eigenvalue weighted by Gasteiger charge is -2.38. The average molecular weight is 543 g/mol. The molecular weight excluding hydrogens is 505 g/mol. The Morgan fingerprint density at radius 2 is 1.90 bits per heavy atom. The minimum atomic E-state index is 0. The summed E-state index contributed by atoms with van der Waals surface area (Å²) in [6.45, 7) is 11.1. The van der Waals surface area contributed by atoms with Crippen LogP contribution in [0.3, 0.4) is 0 Å². The van der Waals surface area contributed by atoms with Gasteiger partial charge in [0.1, 0.15) is 5.75 Å². The van der Waals surface area contributed by atoms with Crippen molar-refractivity contribution in [2.45, 2.75) is 33.1 Å². The molecule has 0 aliphatic carbocycles. The third kappa shape index (κ3) is 7.15. The molecule has 0 bridgehead atoms. The third-order valence-electron chi connectivity index (χ3n) is 5.94. The highest BCUT2D eigenvalue weighted by Crippen LogP contribution is 2.28. The first-order chi connectivity index (χ1) is 14.6. The number of carbonyl (C=O) groups excluding carboxylic acids is 1. The van der Waals surface area contributed by atoms with E-state index in [9.17, 15) is 4.79 Å². The molecule has 1 aromatic rings. The minimum absolute atomic E-state index is 0. The van der Waals surface area contributed by atoms with Gasteiger partial charge in [-0.05, 0) is 37.8 Å². The molecular formula is C23H38IN5O2. The van der Waals surface area contributed by atoms with E-state index < -0.39 is 0 Å². The maximum Gasteiger partial charge on any atom is 0.224 e. The number of hydrogen-bond acceptors (Lipinski definition) is 4. The standard InChI is InChI=1S/C23H37N5O2.HI/c1-4-24-23(25-12-11-22(29)28-13-7-8-19(2)18-28)27-16-14-26(15-17-27)20-9-5-6-10-21(20)30-3;/h5-6,9-10,19H,4,7-8,11-18H2,1-3H3,(H,24,25);1H. The number of halogens is 1. The molecule has 2 heterocycles. The normalized spacial score (nSPS) is 19.6. The number of aliphatic imine (C=N–C) groups is 1. The SMILES string of the molecule is CCNC(=NCCC(=O)N1CCCC(C)C1)N1CCN(c2ccccc2OC)CC1.I. The van der Waals surface area contributed by atoms with Crippen molar-refractivity contribution in [2.75, 3.05) is 64.4 Å². The van der Waals surface area contributed by atoms with Crippen LogP contribution in [0.5, 0.6) is 5.75 Å². The quantitative estimate of drug-likeness (QED) is 0.340. The number of piperazine rings is 1. The van der Waals surface area contributed by atoms with E-state index in [0.717, 1.165) is 69.6 Å². The van der Waals surface area contributed by atoms with Crippen LogP contribution in [0.1, 0.15) is 33.1 Å². The number of para-hydroxylation sites is 2. The number of methoxy groups -OCH3 is 1. The second-order valence-electron chi connectivity index (χ2n) is 8.22. The van der Waals surface area contributed by atoms with Gasteiger partial charge in [0.15, 0.2) is 5.96 Å². The zero-order valence-corrected chi connectivity index (χ0v) is 21.5. The van der Waals surface area contributed by atoms with Crippen molar-refractivity contribution in [3.05, 3.63) is 24.3 Å². The Bertz CT molecular complexity index is 722. The fraction of sp³-hybridized carbons (Fsp3) is 0.652. The number of hydrogen-bond donors (Lipinski definition) is 1. The van der Waals surface area contributed by atoms with Crippen molar-refractivity contribution < 1.29 is 9.53 Å². The van der Waals surface area contributed by atoms with Gasteiger partial charge in [-0.25, -0.2) is 0 Å². The number of anilines is 1. The van der Waals surface area contributed by atoms with Crippen molar-refractivity contribution >= 4 is 41.5 Å². The first kappa shape index (κ1) is 25.5. The van der Waals surface area contributed by atoms with Crippen molar-refractivity contribution in [2.24, 2.45) is 10.9 Å². The number of nitrogens with zero attached hydrogens (tertiary/aromatic N) is 4. The van der Waals surface area contributed by atoms with Gasteiger partial charge in [0.25, 0.3) is 0 Å². The zero-order chi connectivity index (χ0) is 21.3. The average Bonchev–Trinajstić information content (AvgIpc) is 2.78. The van der Waals surface area contributed by atoms with E-state index in [1.165, 1.54) is 6.42 Å². The van der Waals surface area contributed by atoms with Crippen LogP contribution in [-0.2, 0) is 4.79 Å². The number of piperidine rings is 1. The molecule has 0 radical (unpaired) electrons. The molecule has 7 nitrogen and oxygen atoms in total. The maximum atomic E-state index is 12.5. The molecule has 1 atom stereocenters. The summed E-state index contributed by atoms with van der Waals surface area (Å²) in [5, 5.41) is 3.40. The highest BCUT2D eigenvalue weighted by molar-refractivity contribution is 14.0. The highest BCUT2D eigenvalue weighted by Gasteiger charge is 2.23. The van der Waals surface area contributed by atoms with E-state index in [0.29, 0.717) is 18.9 Å². The van der Waals surface area contributed by atoms with Crippen LogP contribution in [-0.4, -0.2) is 81.1 Å². The molecule has 31 heavy (non-hydrogen) atoms. The van der Waals surface area contributed by atoms with Crippen molar-refractivity contribution in [1.82, 2.24) is 15.1 Å². The molecule has 0 saturated carbocycles. The number of ether oxygens (including phenoxy) is 1. The summed E-state index contributed by atoms with van der Waals surface area (Å²) < 4.78 is 5.52. The fourth-order valence-corrected chi connectivity index (χ4v) is 4.31. The molecule has 2 saturated heterocycles. The van der Waals surface area contributed by atoms with Gasteiger partial charge in [-0.3, -0.25) is 9.79 Å². The minimum Gasteiger partial charge on any atom is -0.495 e. The van der Waals surface area contributed by atoms with E-state index in [1.807, 2.05) is 17.0 Å². The molecule has 0 spiro atoms. The van der Waals surface area contributed by atoms with Gasteiger partial charge >= 0.3 is 0 Å². The molecule has 1 aromatic carbocycles. The van der Waals surface area contributed by atoms with Crippen molar-refractivity contribution in [3.63, 3.8) is 0 Å². The molecule has 174 valence electrons. The van der Waals surface area contributed by atoms with Gasteiger partial charge in [0.05, 0.1) is 19.3 Å². The van der Waals surface area contributed by atoms with Gasteiger partial charge in [-0.1, -0.05) is 19.1 Å². The predicted molar refractivity (Wildman–Crippen MR) is 138 cm³/mol. The van der Waals surface area contributed by atoms with Gasteiger partial charge in [-0.2, -0.15) is 0 Å². The van der Waals surface area contributed by atoms with Crippen molar-refractivity contribution in [3.8, 4) is 5.75 Å². The van der Waals surface area contributed by atoms with Gasteiger partial charge in [-0.15, -0.1) is 24.0 Å². The molecule has 2 fully saturated rings. The van der Waals surface area contributed by atoms with E-state index in [-0.39, 0.29) is 29.9 Å². The van der Waals surface area contributed by atoms with Crippen LogP contribution in [0.15, 0.2) is 29.3 Å². The van der Waals surface area contributed by atoms with E-state index >= 15 is 0 Å². The third-order valence-corrected chi connectivity index (χ3v) is 5.94. The number of carbonyl (C=O) groups is 1. The summed E-state index contributed by atoms with van der Waals surface area (Å²) in [6.07, 6.45) is 2.84. The lowest BCUT2D eigenvalue weighted by atomic mass is 10.00. The molecule has 1 unspecified atom stereocenters. The molecule has 8 heteroatoms. The zero-order valence-electron chi connectivity index (χ0n) is 19.2. The number of benzene rings is 1. The Kier molecular flexibility index (Phi) is 10.7. The molecule has 0 aromatic heterocycles. The molecule has 1 amide bonds. The number of nitrogens with one attached hydrogen (secondary N) is 1. The topological polar surface area (TPSA) is 60.4 Å². The number of rotatable bonds is 6. The Morgan fingerprint density at radius 3 is 2.58 bits per heavy atom. The summed E-state index contributed by atoms with van der Waals surface area (Å²) in [4.78, 5) is 24.0. The summed E-state index contributed by atoms with van der Waals surface area (Å²) >= 11 is 0. The van der Waals surface area contributed by atoms with E-state index in [2.05, 4.69) is 41.1 Å². The lowest BCUT2D eigenvalue weighted by molar-refractivity contribution is -0.132. The Morgan fingerprint density at radius 1 is 1.16 bits per heavy atom. The summed E-state index contributed by atoms with van der Waals surface area (Å²) in [5.74, 6) is 2.68. The van der Waals surface area contributed by atoms with Crippen LogP contribution < -0.4 is 15.0 Å². The Balaban J connectivity index is 0.00000341. The van der Waals surface area contributed by atoms with E-state index in [1.54, 1.807) is 7.11 Å². The first-order valence-corrected chi connectivity index (χ1v) is 11.3. The molecule has 1 N–H and O–H groups in total. The first-order valence-electron chi connectivity index (χ1n) is 11.3. The number of amides is 1. The molecule has 3 rings (SSSR count). The number of guanidine groups is 1. The highest BCUT2D eigenvalue weighted by atomic mass is 127. The van der Waals surface area contributed by atoms with Gasteiger partial charge < -0.3 is 24.8 Å². The van der Waals surface area contributed by atoms with E-state index in [4.69, 9.17) is 9.73 Å². The van der Waals surface area contributed by atoms with Crippen LogP contribution in [0.2, 0.25) is 0 Å². The maximum absolute atomic E-state index is 12.5. The predicted octanol–water partition coefficient (Wildman–Crippen LogP) is 3.05. The summed E-state index contributed by atoms with van der Waals surface area (Å²) in [5.41, 5.74) is 1.14. The summed E-state index contributed by atoms with van der Waals surface area (Å²) in [6, 6.07) is 8.17. The van der Waals surface area contributed by atoms with Gasteiger partial charge in [0.2, 0.25) is 5.91 Å². The lowest BCUT2D eigenvalue weighted by Crippen LogP contribution is -2.52. The molecule has 2 aliphatic heterocycles. The summed E-state index contributed by atoms with van der Waals surface area (Å²) in [7, 11) is 1.72. The second-order valence-corrected chi connectivity index (χ2v) is 8.22. The van der Waals surface area contributed by atoms with Gasteiger partial charge in [0, 0.05) is 52.2 Å². The smallest absolute Gasteiger partial charge is 0.224 e. The Labute approximate surface area is 204 Å².